The smallest absolute Gasteiger partial charge is 0.176 e. The molecule has 0 aliphatic heterocycles. The van der Waals surface area contributed by atoms with Crippen LogP contribution in [0.3, 0.4) is 0 Å². The van der Waals surface area contributed by atoms with Crippen LogP contribution in [0.2, 0.25) is 0 Å². The van der Waals surface area contributed by atoms with Crippen LogP contribution in [0.4, 0.5) is 4.39 Å². The van der Waals surface area contributed by atoms with Crippen molar-refractivity contribution in [2.24, 2.45) is 0 Å². The molecular weight excluding hydrogens is 217 g/mol. The van der Waals surface area contributed by atoms with E-state index in [-0.39, 0.29) is 10.3 Å². The zero-order valence-electron chi connectivity index (χ0n) is 7.94. The molecular formula is C10H8FNO2S. The topological polar surface area (TPSA) is 47.0 Å². The lowest BCUT2D eigenvalue weighted by molar-refractivity contribution is 0.600. The number of aromatic nitrogens is 1. The zero-order valence-corrected chi connectivity index (χ0v) is 8.75. The van der Waals surface area contributed by atoms with E-state index in [9.17, 15) is 12.8 Å². The molecule has 1 aromatic heterocycles. The van der Waals surface area contributed by atoms with Gasteiger partial charge in [0.05, 0.1) is 11.1 Å². The Morgan fingerprint density at radius 1 is 1.27 bits per heavy atom. The van der Waals surface area contributed by atoms with Gasteiger partial charge in [0, 0.05) is 23.2 Å². The first-order chi connectivity index (χ1) is 7.00. The average Bonchev–Trinajstić information content (AvgIpc) is 2.16. The van der Waals surface area contributed by atoms with E-state index in [0.717, 1.165) is 12.5 Å². The van der Waals surface area contributed by atoms with E-state index in [1.54, 1.807) is 12.1 Å². The lowest BCUT2D eigenvalue weighted by Gasteiger charge is -2.04. The van der Waals surface area contributed by atoms with Crippen LogP contribution in [0.15, 0.2) is 35.5 Å². The molecule has 0 radical (unpaired) electrons. The Morgan fingerprint density at radius 2 is 2.00 bits per heavy atom. The highest BCUT2D eigenvalue weighted by Gasteiger charge is 2.14. The molecule has 1 heterocycles. The van der Waals surface area contributed by atoms with Crippen LogP contribution < -0.4 is 0 Å². The molecule has 0 N–H and O–H groups in total. The number of rotatable bonds is 1. The molecule has 2 aromatic rings. The number of fused-ring (bicyclic) bond motifs is 1. The first-order valence-electron chi connectivity index (χ1n) is 4.22. The highest BCUT2D eigenvalue weighted by Crippen LogP contribution is 2.24. The minimum absolute atomic E-state index is 0.0000926. The lowest BCUT2D eigenvalue weighted by Crippen LogP contribution is -1.99. The van der Waals surface area contributed by atoms with Crippen LogP contribution in [-0.2, 0) is 9.84 Å². The number of benzene rings is 1. The number of sulfone groups is 1. The van der Waals surface area contributed by atoms with Gasteiger partial charge in [-0.1, -0.05) is 12.1 Å². The molecule has 0 atom stereocenters. The summed E-state index contributed by atoms with van der Waals surface area (Å²) in [6, 6.07) is 4.58. The molecule has 0 saturated heterocycles. The Balaban J connectivity index is 2.99. The molecule has 0 fully saturated rings. The van der Waals surface area contributed by atoms with Gasteiger partial charge < -0.3 is 0 Å². The maximum absolute atomic E-state index is 13.5. The number of hydrogen-bond donors (Lipinski definition) is 0. The summed E-state index contributed by atoms with van der Waals surface area (Å²) in [6.07, 6.45) is 3.51. The minimum Gasteiger partial charge on any atom is -0.261 e. The van der Waals surface area contributed by atoms with Crippen LogP contribution in [0, 0.1) is 5.82 Å². The zero-order chi connectivity index (χ0) is 11.1. The van der Waals surface area contributed by atoms with Gasteiger partial charge in [0.25, 0.3) is 0 Å². The normalized spacial score (nSPS) is 11.9. The molecule has 0 saturated carbocycles. The number of nitrogens with zero attached hydrogens (tertiary/aromatic N) is 1. The molecule has 1 aromatic carbocycles. The van der Waals surface area contributed by atoms with Crippen LogP contribution >= 0.6 is 0 Å². The largest absolute Gasteiger partial charge is 0.261 e. The summed E-state index contributed by atoms with van der Waals surface area (Å²) in [5.41, 5.74) is 0. The summed E-state index contributed by atoms with van der Waals surface area (Å²) < 4.78 is 36.3. The van der Waals surface area contributed by atoms with Crippen molar-refractivity contribution in [3.05, 3.63) is 36.4 Å². The van der Waals surface area contributed by atoms with Crippen LogP contribution in [-0.4, -0.2) is 19.7 Å². The number of hydrogen-bond acceptors (Lipinski definition) is 3. The number of pyridine rings is 1. The third-order valence-electron chi connectivity index (χ3n) is 2.10. The van der Waals surface area contributed by atoms with Crippen molar-refractivity contribution < 1.29 is 12.8 Å². The van der Waals surface area contributed by atoms with Gasteiger partial charge in [-0.15, -0.1) is 0 Å². The van der Waals surface area contributed by atoms with Gasteiger partial charge in [-0.25, -0.2) is 12.8 Å². The standard InChI is InChI=1S/C10H8FNO2S/c1-15(13,14)9-4-2-3-7-5-12-6-8(11)10(7)9/h2-6H,1H3. The average molecular weight is 225 g/mol. The van der Waals surface area contributed by atoms with Gasteiger partial charge in [-0.2, -0.15) is 0 Å². The van der Waals surface area contributed by atoms with Crippen molar-refractivity contribution in [2.45, 2.75) is 4.90 Å². The minimum atomic E-state index is -3.42. The van der Waals surface area contributed by atoms with Gasteiger partial charge in [0.15, 0.2) is 15.7 Å². The Labute approximate surface area is 86.5 Å². The van der Waals surface area contributed by atoms with Crippen LogP contribution in [0.25, 0.3) is 10.8 Å². The van der Waals surface area contributed by atoms with Crippen molar-refractivity contribution in [3.8, 4) is 0 Å². The molecule has 0 spiro atoms. The van der Waals surface area contributed by atoms with Crippen molar-refractivity contribution in [1.82, 2.24) is 4.98 Å². The first kappa shape index (κ1) is 10.0. The lowest BCUT2D eigenvalue weighted by atomic mass is 10.2. The molecule has 3 nitrogen and oxygen atoms in total. The summed E-state index contributed by atoms with van der Waals surface area (Å²) >= 11 is 0. The molecule has 0 amide bonds. The predicted octanol–water partition coefficient (Wildman–Crippen LogP) is 1.78. The van der Waals surface area contributed by atoms with Crippen molar-refractivity contribution in [1.29, 1.82) is 0 Å². The summed E-state index contributed by atoms with van der Waals surface area (Å²) in [5, 5.41) is 0.591. The van der Waals surface area contributed by atoms with Crippen LogP contribution in [0.1, 0.15) is 0 Å². The highest BCUT2D eigenvalue weighted by atomic mass is 32.2. The van der Waals surface area contributed by atoms with Gasteiger partial charge in [0.1, 0.15) is 0 Å². The second kappa shape index (κ2) is 3.27. The fourth-order valence-corrected chi connectivity index (χ4v) is 2.38. The molecule has 0 aliphatic carbocycles. The molecule has 5 heteroatoms. The second-order valence-electron chi connectivity index (χ2n) is 3.25. The monoisotopic (exact) mass is 225 g/mol. The predicted molar refractivity (Wildman–Crippen MR) is 54.8 cm³/mol. The molecule has 0 unspecified atom stereocenters. The summed E-state index contributed by atoms with van der Waals surface area (Å²) in [4.78, 5) is 3.67. The fourth-order valence-electron chi connectivity index (χ4n) is 1.47. The SMILES string of the molecule is CS(=O)(=O)c1cccc2cncc(F)c12. The van der Waals surface area contributed by atoms with Crippen molar-refractivity contribution in [3.63, 3.8) is 0 Å². The fraction of sp³-hybridized carbons (Fsp3) is 0.100. The van der Waals surface area contributed by atoms with Gasteiger partial charge in [-0.3, -0.25) is 4.98 Å². The van der Waals surface area contributed by atoms with E-state index in [1.165, 1.54) is 12.3 Å². The van der Waals surface area contributed by atoms with Crippen molar-refractivity contribution >= 4 is 20.6 Å². The summed E-state index contributed by atoms with van der Waals surface area (Å²) in [5.74, 6) is -0.617. The van der Waals surface area contributed by atoms with E-state index < -0.39 is 15.7 Å². The maximum Gasteiger partial charge on any atom is 0.176 e. The summed E-state index contributed by atoms with van der Waals surface area (Å²) in [7, 11) is -3.42. The van der Waals surface area contributed by atoms with E-state index in [2.05, 4.69) is 4.98 Å². The molecule has 15 heavy (non-hydrogen) atoms. The molecule has 2 rings (SSSR count). The van der Waals surface area contributed by atoms with E-state index >= 15 is 0 Å². The maximum atomic E-state index is 13.5. The van der Waals surface area contributed by atoms with Crippen molar-refractivity contribution in [2.75, 3.05) is 6.26 Å². The molecule has 0 bridgehead atoms. The second-order valence-corrected chi connectivity index (χ2v) is 5.23. The van der Waals surface area contributed by atoms with E-state index in [4.69, 9.17) is 0 Å². The third-order valence-corrected chi connectivity index (χ3v) is 3.24. The van der Waals surface area contributed by atoms with E-state index in [0.29, 0.717) is 5.39 Å². The van der Waals surface area contributed by atoms with Crippen LogP contribution in [0.5, 0.6) is 0 Å². The Bertz CT molecular complexity index is 617. The first-order valence-corrected chi connectivity index (χ1v) is 6.11. The third kappa shape index (κ3) is 1.70. The quantitative estimate of drug-likeness (QED) is 0.743. The summed E-state index contributed by atoms with van der Waals surface area (Å²) in [6.45, 7) is 0. The Hall–Kier alpha value is -1.49. The van der Waals surface area contributed by atoms with Gasteiger partial charge >= 0.3 is 0 Å². The molecule has 78 valence electrons. The highest BCUT2D eigenvalue weighted by molar-refractivity contribution is 7.91. The Kier molecular flexibility index (Phi) is 2.19. The van der Waals surface area contributed by atoms with E-state index in [1.807, 2.05) is 0 Å². The Morgan fingerprint density at radius 3 is 2.67 bits per heavy atom. The molecule has 0 aliphatic rings. The number of halogens is 1. The van der Waals surface area contributed by atoms with Gasteiger partial charge in [-0.05, 0) is 6.07 Å². The van der Waals surface area contributed by atoms with Gasteiger partial charge in [0.2, 0.25) is 0 Å².